The molecule has 1 atom stereocenters. The molecule has 0 spiro atoms. The molecule has 1 N–H and O–H groups in total. The number of piperidine rings is 1. The number of amides is 1. The van der Waals surface area contributed by atoms with Crippen molar-refractivity contribution < 1.29 is 22.7 Å². The molecule has 156 valence electrons. The number of ether oxygens (including phenoxy) is 1. The topological polar surface area (TPSA) is 57.7 Å². The number of halogens is 3. The molecular weight excluding hydrogens is 373 g/mol. The van der Waals surface area contributed by atoms with Crippen molar-refractivity contribution in [3.63, 3.8) is 0 Å². The monoisotopic (exact) mass is 400 g/mol. The number of alkyl halides is 3. The number of hydrogen-bond donors (Lipinski definition) is 1. The van der Waals surface area contributed by atoms with Gasteiger partial charge < -0.3 is 15.0 Å². The van der Waals surface area contributed by atoms with Gasteiger partial charge in [0.15, 0.2) is 0 Å². The number of rotatable bonds is 3. The molecule has 9 heteroatoms. The van der Waals surface area contributed by atoms with Crippen molar-refractivity contribution in [1.29, 1.82) is 0 Å². The quantitative estimate of drug-likeness (QED) is 0.845. The Morgan fingerprint density at radius 3 is 2.54 bits per heavy atom. The predicted molar refractivity (Wildman–Crippen MR) is 98.1 cm³/mol. The molecule has 0 saturated carbocycles. The molecule has 6 nitrogen and oxygen atoms in total. The highest BCUT2D eigenvalue weighted by Gasteiger charge is 2.38. The van der Waals surface area contributed by atoms with Crippen LogP contribution in [0.15, 0.2) is 18.3 Å². The molecule has 0 radical (unpaired) electrons. The number of nitrogens with zero attached hydrogens (tertiary/aromatic N) is 3. The maximum atomic E-state index is 12.8. The SMILES string of the molecule is CC(C)N1CCN(C(=O)Oc2ccc(C(F)(F)F)cn2)C(C2CCNCC2)C1. The summed E-state index contributed by atoms with van der Waals surface area (Å²) < 4.78 is 43.3. The summed E-state index contributed by atoms with van der Waals surface area (Å²) in [6.07, 6.45) is -2.36. The minimum atomic E-state index is -4.47. The molecule has 3 rings (SSSR count). The van der Waals surface area contributed by atoms with E-state index in [4.69, 9.17) is 4.74 Å². The average molecular weight is 400 g/mol. The van der Waals surface area contributed by atoms with Gasteiger partial charge in [-0.2, -0.15) is 13.2 Å². The number of carbonyl (C=O) groups is 1. The van der Waals surface area contributed by atoms with Crippen molar-refractivity contribution in [3.05, 3.63) is 23.9 Å². The number of hydrogen-bond acceptors (Lipinski definition) is 5. The summed E-state index contributed by atoms with van der Waals surface area (Å²) >= 11 is 0. The fraction of sp³-hybridized carbons (Fsp3) is 0.684. The van der Waals surface area contributed by atoms with E-state index >= 15 is 0 Å². The van der Waals surface area contributed by atoms with E-state index in [1.807, 2.05) is 0 Å². The zero-order valence-corrected chi connectivity index (χ0v) is 16.2. The highest BCUT2D eigenvalue weighted by molar-refractivity contribution is 5.70. The Bertz CT molecular complexity index is 660. The zero-order valence-electron chi connectivity index (χ0n) is 16.2. The number of nitrogens with one attached hydrogen (secondary N) is 1. The Hall–Kier alpha value is -1.87. The molecule has 2 saturated heterocycles. The Morgan fingerprint density at radius 1 is 1.25 bits per heavy atom. The molecule has 2 aliphatic heterocycles. The molecule has 3 heterocycles. The fourth-order valence-electron chi connectivity index (χ4n) is 3.92. The highest BCUT2D eigenvalue weighted by Crippen LogP contribution is 2.30. The number of pyridine rings is 1. The Labute approximate surface area is 163 Å². The molecule has 2 aliphatic rings. The van der Waals surface area contributed by atoms with Gasteiger partial charge in [0.2, 0.25) is 5.88 Å². The first-order valence-electron chi connectivity index (χ1n) is 9.72. The molecule has 1 aromatic heterocycles. The summed E-state index contributed by atoms with van der Waals surface area (Å²) in [4.78, 5) is 20.5. The first kappa shape index (κ1) is 20.9. The van der Waals surface area contributed by atoms with Crippen LogP contribution in [0.3, 0.4) is 0 Å². The lowest BCUT2D eigenvalue weighted by Crippen LogP contribution is -2.60. The lowest BCUT2D eigenvalue weighted by molar-refractivity contribution is -0.137. The van der Waals surface area contributed by atoms with Gasteiger partial charge in [0.25, 0.3) is 0 Å². The summed E-state index contributed by atoms with van der Waals surface area (Å²) in [6, 6.07) is 2.38. The van der Waals surface area contributed by atoms with E-state index in [2.05, 4.69) is 29.0 Å². The van der Waals surface area contributed by atoms with Crippen LogP contribution < -0.4 is 10.1 Å². The van der Waals surface area contributed by atoms with Crippen molar-refractivity contribution in [3.8, 4) is 5.88 Å². The summed E-state index contributed by atoms with van der Waals surface area (Å²) in [6.45, 7) is 8.18. The largest absolute Gasteiger partial charge is 0.417 e. The van der Waals surface area contributed by atoms with Gasteiger partial charge in [0, 0.05) is 37.9 Å². The van der Waals surface area contributed by atoms with Crippen LogP contribution in [-0.2, 0) is 6.18 Å². The number of aromatic nitrogens is 1. The van der Waals surface area contributed by atoms with E-state index in [0.717, 1.165) is 51.2 Å². The first-order chi connectivity index (χ1) is 13.3. The van der Waals surface area contributed by atoms with Gasteiger partial charge in [-0.25, -0.2) is 9.78 Å². The van der Waals surface area contributed by atoms with Crippen LogP contribution in [-0.4, -0.2) is 65.7 Å². The van der Waals surface area contributed by atoms with Crippen LogP contribution >= 0.6 is 0 Å². The Morgan fingerprint density at radius 2 is 1.96 bits per heavy atom. The van der Waals surface area contributed by atoms with Crippen LogP contribution in [0.25, 0.3) is 0 Å². The van der Waals surface area contributed by atoms with E-state index in [1.165, 1.54) is 0 Å². The Kier molecular flexibility index (Phi) is 6.44. The van der Waals surface area contributed by atoms with Gasteiger partial charge in [0.05, 0.1) is 11.6 Å². The summed E-state index contributed by atoms with van der Waals surface area (Å²) in [5.74, 6) is 0.254. The summed E-state index contributed by atoms with van der Waals surface area (Å²) in [5, 5.41) is 3.34. The predicted octanol–water partition coefficient (Wildman–Crippen LogP) is 2.99. The van der Waals surface area contributed by atoms with E-state index in [1.54, 1.807) is 4.90 Å². The van der Waals surface area contributed by atoms with Crippen molar-refractivity contribution in [2.45, 2.75) is 44.9 Å². The van der Waals surface area contributed by atoms with Gasteiger partial charge in [-0.3, -0.25) is 4.90 Å². The summed E-state index contributed by atoms with van der Waals surface area (Å²) in [5.41, 5.74) is -0.870. The molecule has 1 amide bonds. The van der Waals surface area contributed by atoms with E-state index in [-0.39, 0.29) is 11.9 Å². The minimum absolute atomic E-state index is 0.0280. The third-order valence-corrected chi connectivity index (χ3v) is 5.60. The third-order valence-electron chi connectivity index (χ3n) is 5.60. The van der Waals surface area contributed by atoms with Gasteiger partial charge in [-0.15, -0.1) is 0 Å². The second kappa shape index (κ2) is 8.65. The van der Waals surface area contributed by atoms with Gasteiger partial charge in [-0.05, 0) is 51.8 Å². The maximum absolute atomic E-state index is 12.8. The van der Waals surface area contributed by atoms with Crippen LogP contribution in [0.4, 0.5) is 18.0 Å². The Balaban J connectivity index is 1.70. The number of carbonyl (C=O) groups excluding carboxylic acids is 1. The zero-order chi connectivity index (χ0) is 20.3. The molecule has 0 aromatic carbocycles. The lowest BCUT2D eigenvalue weighted by atomic mass is 9.87. The fourth-order valence-corrected chi connectivity index (χ4v) is 3.92. The van der Waals surface area contributed by atoms with Gasteiger partial charge in [-0.1, -0.05) is 0 Å². The molecular formula is C19H27F3N4O2. The van der Waals surface area contributed by atoms with Crippen LogP contribution in [0, 0.1) is 5.92 Å². The van der Waals surface area contributed by atoms with Gasteiger partial charge in [0.1, 0.15) is 0 Å². The molecule has 1 aromatic rings. The molecule has 1 unspecified atom stereocenters. The first-order valence-corrected chi connectivity index (χ1v) is 9.72. The van der Waals surface area contributed by atoms with Crippen LogP contribution in [0.5, 0.6) is 5.88 Å². The molecule has 0 aliphatic carbocycles. The minimum Gasteiger partial charge on any atom is -0.391 e. The van der Waals surface area contributed by atoms with Gasteiger partial charge >= 0.3 is 12.3 Å². The second-order valence-corrected chi connectivity index (χ2v) is 7.69. The molecule has 0 bridgehead atoms. The van der Waals surface area contributed by atoms with Crippen LogP contribution in [0.2, 0.25) is 0 Å². The van der Waals surface area contributed by atoms with Crippen molar-refractivity contribution in [2.24, 2.45) is 5.92 Å². The molecule has 2 fully saturated rings. The van der Waals surface area contributed by atoms with E-state index < -0.39 is 17.8 Å². The van der Waals surface area contributed by atoms with Crippen molar-refractivity contribution in [1.82, 2.24) is 20.1 Å². The summed E-state index contributed by atoms with van der Waals surface area (Å²) in [7, 11) is 0. The smallest absolute Gasteiger partial charge is 0.391 e. The van der Waals surface area contributed by atoms with Crippen molar-refractivity contribution >= 4 is 6.09 Å². The normalized spacial score (nSPS) is 22.5. The third kappa shape index (κ3) is 4.94. The molecule has 28 heavy (non-hydrogen) atoms. The second-order valence-electron chi connectivity index (χ2n) is 7.69. The van der Waals surface area contributed by atoms with Crippen LogP contribution in [0.1, 0.15) is 32.3 Å². The highest BCUT2D eigenvalue weighted by atomic mass is 19.4. The average Bonchev–Trinajstić information content (AvgIpc) is 2.68. The maximum Gasteiger partial charge on any atom is 0.417 e. The van der Waals surface area contributed by atoms with Crippen molar-refractivity contribution in [2.75, 3.05) is 32.7 Å². The van der Waals surface area contributed by atoms with E-state index in [0.29, 0.717) is 24.7 Å². The number of piperazine rings is 1. The lowest BCUT2D eigenvalue weighted by Gasteiger charge is -2.46. The standard InChI is InChI=1S/C19H27F3N4O2/c1-13(2)25-9-10-26(16(12-25)14-5-7-23-8-6-14)18(27)28-17-4-3-15(11-24-17)19(20,21)22/h3-4,11,13-14,16,23H,5-10,12H2,1-2H3. The van der Waals surface area contributed by atoms with E-state index in [9.17, 15) is 18.0 Å².